The van der Waals surface area contributed by atoms with Gasteiger partial charge in [-0.15, -0.1) is 0 Å². The monoisotopic (exact) mass is 346 g/mol. The molecule has 90 valence electrons. The Morgan fingerprint density at radius 1 is 1.12 bits per heavy atom. The number of hydrogen-bond donors (Lipinski definition) is 0. The van der Waals surface area contributed by atoms with Gasteiger partial charge in [-0.05, 0) is 52.2 Å². The topological polar surface area (TPSA) is 0 Å². The number of hydrogen-bond acceptors (Lipinski definition) is 0. The minimum atomic E-state index is -0.674. The summed E-state index contributed by atoms with van der Waals surface area (Å²) < 4.78 is 1.49. The van der Waals surface area contributed by atoms with Crippen molar-refractivity contribution in [2.45, 2.75) is 52.1 Å². The number of rotatable bonds is 6. The lowest BCUT2D eigenvalue weighted by atomic mass is 10.1. The van der Waals surface area contributed by atoms with Gasteiger partial charge in [0.05, 0.1) is 8.80 Å². The summed E-state index contributed by atoms with van der Waals surface area (Å²) in [6, 6.07) is 6.83. The van der Waals surface area contributed by atoms with E-state index in [0.29, 0.717) is 0 Å². The van der Waals surface area contributed by atoms with Crippen molar-refractivity contribution in [2.24, 2.45) is 0 Å². The number of aryl methyl sites for hydroxylation is 1. The average molecular weight is 346 g/mol. The van der Waals surface area contributed by atoms with E-state index in [4.69, 9.17) is 0 Å². The predicted molar refractivity (Wildman–Crippen MR) is 85.5 cm³/mol. The van der Waals surface area contributed by atoms with Crippen LogP contribution in [0.25, 0.3) is 0 Å². The summed E-state index contributed by atoms with van der Waals surface area (Å²) in [7, 11) is -0.674. The molecule has 1 aromatic carbocycles. The first-order chi connectivity index (χ1) is 7.66. The van der Waals surface area contributed by atoms with Crippen LogP contribution < -0.4 is 5.19 Å². The number of benzene rings is 1. The molecule has 0 amide bonds. The van der Waals surface area contributed by atoms with Gasteiger partial charge in [0.2, 0.25) is 0 Å². The molecule has 0 saturated heterocycles. The van der Waals surface area contributed by atoms with Gasteiger partial charge in [-0.1, -0.05) is 51.4 Å². The van der Waals surface area contributed by atoms with Gasteiger partial charge in [-0.2, -0.15) is 0 Å². The Labute approximate surface area is 116 Å². The minimum absolute atomic E-state index is 0.674. The summed E-state index contributed by atoms with van der Waals surface area (Å²) in [6.07, 6.45) is 6.76. The molecule has 1 rings (SSSR count). The van der Waals surface area contributed by atoms with Crippen molar-refractivity contribution in [3.8, 4) is 0 Å². The van der Waals surface area contributed by atoms with Crippen LogP contribution >= 0.6 is 22.6 Å². The van der Waals surface area contributed by atoms with Gasteiger partial charge < -0.3 is 0 Å². The zero-order valence-electron chi connectivity index (χ0n) is 10.7. The average Bonchev–Trinajstić information content (AvgIpc) is 2.24. The lowest BCUT2D eigenvalue weighted by Crippen LogP contribution is -2.29. The van der Waals surface area contributed by atoms with Crippen LogP contribution in [0.3, 0.4) is 0 Å². The second-order valence-electron chi connectivity index (χ2n) is 4.78. The van der Waals surface area contributed by atoms with Crippen LogP contribution in [-0.4, -0.2) is 8.80 Å². The van der Waals surface area contributed by atoms with Gasteiger partial charge in [-0.3, -0.25) is 0 Å². The second-order valence-corrected chi connectivity index (χ2v) is 8.83. The van der Waals surface area contributed by atoms with E-state index in [1.165, 1.54) is 35.7 Å². The molecular weight excluding hydrogens is 323 g/mol. The van der Waals surface area contributed by atoms with Crippen LogP contribution in [0.15, 0.2) is 18.2 Å². The van der Waals surface area contributed by atoms with Gasteiger partial charge in [0.1, 0.15) is 0 Å². The molecule has 1 aromatic rings. The molecule has 0 atom stereocenters. The van der Waals surface area contributed by atoms with Crippen molar-refractivity contribution in [3.05, 3.63) is 27.3 Å². The number of unbranched alkanes of at least 4 members (excludes halogenated alkanes) is 3. The third-order valence-corrected chi connectivity index (χ3v) is 6.38. The third-order valence-electron chi connectivity index (χ3n) is 3.02. The van der Waals surface area contributed by atoms with Crippen LogP contribution in [0.4, 0.5) is 0 Å². The first kappa shape index (κ1) is 14.2. The van der Waals surface area contributed by atoms with Crippen molar-refractivity contribution in [1.29, 1.82) is 0 Å². The predicted octanol–water partition coefficient (Wildman–Crippen LogP) is 4.11. The van der Waals surface area contributed by atoms with Crippen LogP contribution in [0, 0.1) is 3.57 Å². The van der Waals surface area contributed by atoms with Crippen molar-refractivity contribution >= 4 is 36.6 Å². The molecule has 0 N–H and O–H groups in total. The smallest absolute Gasteiger partial charge is 0.0664 e. The fourth-order valence-electron chi connectivity index (χ4n) is 2.19. The second kappa shape index (κ2) is 7.48. The highest BCUT2D eigenvalue weighted by Gasteiger charge is 2.10. The molecule has 0 unspecified atom stereocenters. The number of halogens is 1. The molecule has 0 aliphatic carbocycles. The summed E-state index contributed by atoms with van der Waals surface area (Å²) in [5.74, 6) is 0. The Hall–Kier alpha value is 0.167. The van der Waals surface area contributed by atoms with Crippen molar-refractivity contribution < 1.29 is 0 Å². The standard InChI is InChI=1S/C14H23ISi/c1-4-5-6-7-9-12-10-8-11-13(15)14(12)16(2)3/h8,10-11,16H,4-7,9H2,1-3H3. The normalized spacial score (nSPS) is 11.1. The summed E-state index contributed by atoms with van der Waals surface area (Å²) in [6.45, 7) is 7.15. The maximum Gasteiger partial charge on any atom is 0.0664 e. The molecule has 0 aromatic heterocycles. The maximum absolute atomic E-state index is 2.50. The molecule has 0 saturated carbocycles. The SMILES string of the molecule is CCCCCCc1cccc(I)c1[SiH](C)C. The summed E-state index contributed by atoms with van der Waals surface area (Å²) in [5, 5.41) is 1.71. The van der Waals surface area contributed by atoms with Gasteiger partial charge in [-0.25, -0.2) is 0 Å². The molecule has 0 bridgehead atoms. The van der Waals surface area contributed by atoms with Gasteiger partial charge in [0, 0.05) is 3.57 Å². The molecular formula is C14H23ISi. The van der Waals surface area contributed by atoms with Crippen LogP contribution in [0.1, 0.15) is 38.2 Å². The Kier molecular flexibility index (Phi) is 6.66. The van der Waals surface area contributed by atoms with Gasteiger partial charge >= 0.3 is 0 Å². The van der Waals surface area contributed by atoms with Crippen molar-refractivity contribution in [3.63, 3.8) is 0 Å². The minimum Gasteiger partial charge on any atom is -0.0682 e. The van der Waals surface area contributed by atoms with Crippen molar-refractivity contribution in [1.82, 2.24) is 0 Å². The Morgan fingerprint density at radius 2 is 1.88 bits per heavy atom. The molecule has 2 heteroatoms. The lowest BCUT2D eigenvalue weighted by molar-refractivity contribution is 0.667. The van der Waals surface area contributed by atoms with E-state index in [0.717, 1.165) is 0 Å². The third kappa shape index (κ3) is 4.21. The van der Waals surface area contributed by atoms with Crippen molar-refractivity contribution in [2.75, 3.05) is 0 Å². The van der Waals surface area contributed by atoms with E-state index in [9.17, 15) is 0 Å². The van der Waals surface area contributed by atoms with E-state index in [1.807, 2.05) is 0 Å². The van der Waals surface area contributed by atoms with E-state index in [1.54, 1.807) is 10.8 Å². The largest absolute Gasteiger partial charge is 0.0682 e. The Morgan fingerprint density at radius 3 is 2.50 bits per heavy atom. The molecule has 0 heterocycles. The zero-order chi connectivity index (χ0) is 12.0. The fourth-order valence-corrected chi connectivity index (χ4v) is 6.24. The molecule has 0 aliphatic rings. The van der Waals surface area contributed by atoms with E-state index < -0.39 is 8.80 Å². The highest BCUT2D eigenvalue weighted by atomic mass is 127. The zero-order valence-corrected chi connectivity index (χ0v) is 14.0. The quantitative estimate of drug-likeness (QED) is 0.413. The molecule has 0 radical (unpaired) electrons. The molecule has 0 nitrogen and oxygen atoms in total. The first-order valence-corrected chi connectivity index (χ1v) is 10.4. The van der Waals surface area contributed by atoms with Gasteiger partial charge in [0.25, 0.3) is 0 Å². The Bertz CT molecular complexity index is 321. The Balaban J connectivity index is 2.67. The maximum atomic E-state index is 2.50. The van der Waals surface area contributed by atoms with E-state index in [-0.39, 0.29) is 0 Å². The molecule has 0 fully saturated rings. The summed E-state index contributed by atoms with van der Waals surface area (Å²) >= 11 is 2.50. The van der Waals surface area contributed by atoms with E-state index >= 15 is 0 Å². The highest BCUT2D eigenvalue weighted by Crippen LogP contribution is 2.11. The molecule has 0 spiro atoms. The lowest BCUT2D eigenvalue weighted by Gasteiger charge is -2.14. The van der Waals surface area contributed by atoms with E-state index in [2.05, 4.69) is 60.8 Å². The van der Waals surface area contributed by atoms with Crippen LogP contribution in [0.2, 0.25) is 13.1 Å². The summed E-state index contributed by atoms with van der Waals surface area (Å²) in [4.78, 5) is 0. The van der Waals surface area contributed by atoms with Crippen LogP contribution in [0.5, 0.6) is 0 Å². The summed E-state index contributed by atoms with van der Waals surface area (Å²) in [5.41, 5.74) is 1.63. The molecule has 16 heavy (non-hydrogen) atoms. The highest BCUT2D eigenvalue weighted by molar-refractivity contribution is 14.1. The van der Waals surface area contributed by atoms with Gasteiger partial charge in [0.15, 0.2) is 0 Å². The first-order valence-electron chi connectivity index (χ1n) is 6.44. The fraction of sp³-hybridized carbons (Fsp3) is 0.571. The van der Waals surface area contributed by atoms with Crippen LogP contribution in [-0.2, 0) is 6.42 Å². The molecule has 0 aliphatic heterocycles.